The summed E-state index contributed by atoms with van der Waals surface area (Å²) in [4.78, 5) is 5.13. The molecule has 3 aromatic carbocycles. The Morgan fingerprint density at radius 2 is 1.04 bits per heavy atom. The lowest BCUT2D eigenvalue weighted by Gasteiger charge is -2.32. The maximum Gasteiger partial charge on any atom is 0.135 e. The average Bonchev–Trinajstić information content (AvgIpc) is 2.68. The highest BCUT2D eigenvalue weighted by Crippen LogP contribution is 2.40. The van der Waals surface area contributed by atoms with Gasteiger partial charge < -0.3 is 0 Å². The fraction of sp³-hybridized carbons (Fsp3) is 0.174. The summed E-state index contributed by atoms with van der Waals surface area (Å²) in [6, 6.07) is 31.7. The molecular weight excluding hydrogens is 290 g/mol. The number of benzene rings is 3. The molecule has 0 fully saturated rings. The van der Waals surface area contributed by atoms with Crippen molar-refractivity contribution in [3.63, 3.8) is 0 Å². The van der Waals surface area contributed by atoms with Gasteiger partial charge in [0.05, 0.1) is 0 Å². The largest absolute Gasteiger partial charge is 0.276 e. The van der Waals surface area contributed by atoms with Gasteiger partial charge in [0.25, 0.3) is 0 Å². The topological polar surface area (TPSA) is 12.4 Å². The molecule has 0 aromatic heterocycles. The monoisotopic (exact) mass is 313 g/mol. The molecule has 3 aromatic rings. The summed E-state index contributed by atoms with van der Waals surface area (Å²) >= 11 is 0. The smallest absolute Gasteiger partial charge is 0.135 e. The summed E-state index contributed by atoms with van der Waals surface area (Å²) in [5, 5.41) is 0. The summed E-state index contributed by atoms with van der Waals surface area (Å²) in [6.07, 6.45) is 4.15. The van der Waals surface area contributed by atoms with Crippen LogP contribution < -0.4 is 0 Å². The van der Waals surface area contributed by atoms with E-state index in [1.807, 2.05) is 0 Å². The molecule has 1 heteroatoms. The molecular formula is C23H23N. The number of aliphatic imine (C=N–C) groups is 1. The van der Waals surface area contributed by atoms with Crippen LogP contribution in [0.5, 0.6) is 0 Å². The molecule has 0 radical (unpaired) electrons. The summed E-state index contributed by atoms with van der Waals surface area (Å²) in [5.74, 6) is 0. The molecule has 0 atom stereocenters. The van der Waals surface area contributed by atoms with Crippen LogP contribution in [0.4, 0.5) is 0 Å². The van der Waals surface area contributed by atoms with Gasteiger partial charge in [0, 0.05) is 6.21 Å². The zero-order valence-electron chi connectivity index (χ0n) is 14.1. The minimum absolute atomic E-state index is 0.501. The maximum atomic E-state index is 5.13. The second-order valence-corrected chi connectivity index (χ2v) is 5.91. The van der Waals surface area contributed by atoms with E-state index in [9.17, 15) is 0 Å². The van der Waals surface area contributed by atoms with Gasteiger partial charge >= 0.3 is 0 Å². The van der Waals surface area contributed by atoms with E-state index in [0.717, 1.165) is 12.8 Å². The zero-order valence-corrected chi connectivity index (χ0v) is 14.1. The van der Waals surface area contributed by atoms with Crippen LogP contribution >= 0.6 is 0 Å². The third kappa shape index (κ3) is 3.16. The van der Waals surface area contributed by atoms with Gasteiger partial charge in [-0.15, -0.1) is 0 Å². The molecule has 1 nitrogen and oxygen atoms in total. The van der Waals surface area contributed by atoms with E-state index in [2.05, 4.69) is 104 Å². The molecule has 24 heavy (non-hydrogen) atoms. The van der Waals surface area contributed by atoms with Gasteiger partial charge in [0.2, 0.25) is 0 Å². The van der Waals surface area contributed by atoms with Crippen molar-refractivity contribution in [3.05, 3.63) is 108 Å². The molecule has 0 bridgehead atoms. The lowest BCUT2D eigenvalue weighted by molar-refractivity contribution is 0.656. The normalized spacial score (nSPS) is 11.7. The van der Waals surface area contributed by atoms with Crippen LogP contribution in [-0.2, 0) is 5.54 Å². The van der Waals surface area contributed by atoms with Crippen molar-refractivity contribution in [2.24, 2.45) is 4.99 Å². The second-order valence-electron chi connectivity index (χ2n) is 5.91. The molecule has 0 unspecified atom stereocenters. The second kappa shape index (κ2) is 7.74. The Balaban J connectivity index is 2.28. The molecule has 0 amide bonds. The van der Waals surface area contributed by atoms with Crippen LogP contribution in [0.3, 0.4) is 0 Å². The first-order valence-corrected chi connectivity index (χ1v) is 8.58. The van der Waals surface area contributed by atoms with E-state index in [1.54, 1.807) is 0 Å². The predicted octanol–water partition coefficient (Wildman–Crippen LogP) is 5.85. The molecule has 0 saturated carbocycles. The van der Waals surface area contributed by atoms with Gasteiger partial charge in [-0.25, -0.2) is 0 Å². The van der Waals surface area contributed by atoms with E-state index in [-0.39, 0.29) is 0 Å². The fourth-order valence-electron chi connectivity index (χ4n) is 3.09. The Morgan fingerprint density at radius 3 is 1.38 bits per heavy atom. The van der Waals surface area contributed by atoms with Gasteiger partial charge in [0.1, 0.15) is 5.54 Å². The number of hydrogen-bond acceptors (Lipinski definition) is 1. The Kier molecular flexibility index (Phi) is 5.22. The third-order valence-corrected chi connectivity index (χ3v) is 4.28. The molecule has 0 aliphatic rings. The van der Waals surface area contributed by atoms with Crippen LogP contribution in [0.2, 0.25) is 0 Å². The lowest BCUT2D eigenvalue weighted by atomic mass is 9.77. The molecule has 0 saturated heterocycles. The number of nitrogens with zero attached hydrogens (tertiary/aromatic N) is 1. The van der Waals surface area contributed by atoms with Gasteiger partial charge in [-0.3, -0.25) is 4.99 Å². The van der Waals surface area contributed by atoms with Gasteiger partial charge in [-0.05, 0) is 23.1 Å². The number of unbranched alkanes of at least 4 members (excludes halogenated alkanes) is 1. The van der Waals surface area contributed by atoms with Crippen LogP contribution in [0.1, 0.15) is 36.5 Å². The van der Waals surface area contributed by atoms with Crippen molar-refractivity contribution in [1.82, 2.24) is 0 Å². The quantitative estimate of drug-likeness (QED) is 0.400. The average molecular weight is 313 g/mol. The molecule has 0 aliphatic heterocycles. The molecule has 0 spiro atoms. The van der Waals surface area contributed by atoms with Crippen molar-refractivity contribution in [2.75, 3.05) is 0 Å². The van der Waals surface area contributed by atoms with E-state index in [1.165, 1.54) is 16.7 Å². The predicted molar refractivity (Wildman–Crippen MR) is 103 cm³/mol. The Hall–Kier alpha value is -2.67. The van der Waals surface area contributed by atoms with Gasteiger partial charge in [-0.1, -0.05) is 104 Å². The first kappa shape index (κ1) is 16.2. The standard InChI is InChI=1S/C23H23N/c1-2-3-19-24-23(20-13-7-4-8-14-20,21-15-9-5-10-16-21)22-17-11-6-12-18-22/h4-19H,2-3H2,1H3. The van der Waals surface area contributed by atoms with E-state index in [4.69, 9.17) is 4.99 Å². The third-order valence-electron chi connectivity index (χ3n) is 4.28. The molecule has 0 heterocycles. The number of rotatable bonds is 6. The lowest BCUT2D eigenvalue weighted by Crippen LogP contribution is -2.27. The Morgan fingerprint density at radius 1 is 0.667 bits per heavy atom. The molecule has 120 valence electrons. The summed E-state index contributed by atoms with van der Waals surface area (Å²) in [6.45, 7) is 2.18. The highest BCUT2D eigenvalue weighted by molar-refractivity contribution is 5.62. The minimum Gasteiger partial charge on any atom is -0.276 e. The van der Waals surface area contributed by atoms with Crippen molar-refractivity contribution < 1.29 is 0 Å². The summed E-state index contributed by atoms with van der Waals surface area (Å²) < 4.78 is 0. The zero-order chi connectivity index (χ0) is 16.7. The van der Waals surface area contributed by atoms with Crippen molar-refractivity contribution in [3.8, 4) is 0 Å². The van der Waals surface area contributed by atoms with Crippen LogP contribution in [-0.4, -0.2) is 6.21 Å². The number of hydrogen-bond donors (Lipinski definition) is 0. The highest BCUT2D eigenvalue weighted by atomic mass is 14.9. The van der Waals surface area contributed by atoms with Crippen LogP contribution in [0, 0.1) is 0 Å². The van der Waals surface area contributed by atoms with Crippen molar-refractivity contribution in [2.45, 2.75) is 25.3 Å². The summed E-state index contributed by atoms with van der Waals surface area (Å²) in [7, 11) is 0. The van der Waals surface area contributed by atoms with E-state index in [0.29, 0.717) is 0 Å². The highest BCUT2D eigenvalue weighted by Gasteiger charge is 2.35. The van der Waals surface area contributed by atoms with Crippen molar-refractivity contribution in [1.29, 1.82) is 0 Å². The summed E-state index contributed by atoms with van der Waals surface area (Å²) in [5.41, 5.74) is 3.07. The SMILES string of the molecule is CCCC=NC(c1ccccc1)(c1ccccc1)c1ccccc1. The maximum absolute atomic E-state index is 5.13. The van der Waals surface area contributed by atoms with E-state index < -0.39 is 5.54 Å². The molecule has 0 N–H and O–H groups in total. The fourth-order valence-corrected chi connectivity index (χ4v) is 3.09. The van der Waals surface area contributed by atoms with Crippen LogP contribution in [0.15, 0.2) is 96.0 Å². The molecule has 0 aliphatic carbocycles. The molecule has 3 rings (SSSR count). The first-order valence-electron chi connectivity index (χ1n) is 8.58. The Bertz CT molecular complexity index is 664. The van der Waals surface area contributed by atoms with Crippen LogP contribution in [0.25, 0.3) is 0 Å². The van der Waals surface area contributed by atoms with E-state index >= 15 is 0 Å². The van der Waals surface area contributed by atoms with Crippen molar-refractivity contribution >= 4 is 6.21 Å². The Labute approximate surface area is 144 Å². The van der Waals surface area contributed by atoms with Gasteiger partial charge in [0.15, 0.2) is 0 Å². The minimum atomic E-state index is -0.501. The van der Waals surface area contributed by atoms with Gasteiger partial charge in [-0.2, -0.15) is 0 Å². The first-order chi connectivity index (χ1) is 11.9.